The highest BCUT2D eigenvalue weighted by Gasteiger charge is 2.45. The first-order valence-corrected chi connectivity index (χ1v) is 9.10. The monoisotopic (exact) mass is 346 g/mol. The molecule has 6 heteroatoms. The molecular weight excluding hydrogens is 320 g/mol. The molecule has 1 amide bonds. The molecule has 0 radical (unpaired) electrons. The molecular formula is C19H26N2O4. The summed E-state index contributed by atoms with van der Waals surface area (Å²) in [4.78, 5) is 17.2. The van der Waals surface area contributed by atoms with E-state index in [1.807, 2.05) is 17.0 Å². The lowest BCUT2D eigenvalue weighted by Gasteiger charge is -2.34. The highest BCUT2D eigenvalue weighted by atomic mass is 16.5. The van der Waals surface area contributed by atoms with Gasteiger partial charge in [0.05, 0.1) is 38.4 Å². The Labute approximate surface area is 148 Å². The lowest BCUT2D eigenvalue weighted by molar-refractivity contribution is -0.142. The van der Waals surface area contributed by atoms with E-state index in [1.165, 1.54) is 5.56 Å². The maximum absolute atomic E-state index is 12.8. The Morgan fingerprint density at radius 2 is 1.96 bits per heavy atom. The summed E-state index contributed by atoms with van der Waals surface area (Å²) in [7, 11) is 1.68. The SMILES string of the molecule is COc1ccc(CN2CC3CC(C(=O)N4CCOCC4)C(C2)O3)cc1. The number of likely N-dealkylation sites (tertiary alicyclic amines) is 1. The van der Waals surface area contributed by atoms with Gasteiger partial charge in [0.1, 0.15) is 5.75 Å². The number of hydrogen-bond donors (Lipinski definition) is 0. The number of carbonyl (C=O) groups excluding carboxylic acids is 1. The van der Waals surface area contributed by atoms with Gasteiger partial charge >= 0.3 is 0 Å². The highest BCUT2D eigenvalue weighted by Crippen LogP contribution is 2.34. The van der Waals surface area contributed by atoms with Crippen LogP contribution in [0.25, 0.3) is 0 Å². The molecule has 3 fully saturated rings. The molecule has 2 bridgehead atoms. The maximum atomic E-state index is 12.8. The molecule has 4 rings (SSSR count). The van der Waals surface area contributed by atoms with Gasteiger partial charge in [-0.3, -0.25) is 9.69 Å². The second kappa shape index (κ2) is 7.32. The Hall–Kier alpha value is -1.63. The Balaban J connectivity index is 1.37. The van der Waals surface area contributed by atoms with Crippen molar-refractivity contribution in [2.75, 3.05) is 46.5 Å². The highest BCUT2D eigenvalue weighted by molar-refractivity contribution is 5.80. The van der Waals surface area contributed by atoms with Crippen LogP contribution in [0, 0.1) is 5.92 Å². The van der Waals surface area contributed by atoms with Crippen molar-refractivity contribution in [1.29, 1.82) is 0 Å². The first-order chi connectivity index (χ1) is 12.2. The molecule has 0 aliphatic carbocycles. The third-order valence-corrected chi connectivity index (χ3v) is 5.44. The van der Waals surface area contributed by atoms with Gasteiger partial charge in [-0.1, -0.05) is 12.1 Å². The van der Waals surface area contributed by atoms with Crippen molar-refractivity contribution in [2.45, 2.75) is 25.2 Å². The van der Waals surface area contributed by atoms with E-state index in [9.17, 15) is 4.79 Å². The Morgan fingerprint density at radius 1 is 1.20 bits per heavy atom. The quantitative estimate of drug-likeness (QED) is 0.818. The van der Waals surface area contributed by atoms with E-state index in [4.69, 9.17) is 14.2 Å². The Morgan fingerprint density at radius 3 is 2.68 bits per heavy atom. The minimum Gasteiger partial charge on any atom is -0.497 e. The van der Waals surface area contributed by atoms with Crippen molar-refractivity contribution in [1.82, 2.24) is 9.80 Å². The van der Waals surface area contributed by atoms with Gasteiger partial charge in [-0.25, -0.2) is 0 Å². The van der Waals surface area contributed by atoms with Crippen molar-refractivity contribution in [3.63, 3.8) is 0 Å². The van der Waals surface area contributed by atoms with Gasteiger partial charge in [-0.05, 0) is 24.1 Å². The zero-order valence-corrected chi connectivity index (χ0v) is 14.7. The summed E-state index contributed by atoms with van der Waals surface area (Å²) in [6.07, 6.45) is 1.04. The predicted octanol–water partition coefficient (Wildman–Crippen LogP) is 1.14. The lowest BCUT2D eigenvalue weighted by atomic mass is 9.98. The zero-order valence-electron chi connectivity index (χ0n) is 14.7. The van der Waals surface area contributed by atoms with E-state index in [1.54, 1.807) is 7.11 Å². The second-order valence-corrected chi connectivity index (χ2v) is 7.12. The second-order valence-electron chi connectivity index (χ2n) is 7.12. The molecule has 0 saturated carbocycles. The van der Waals surface area contributed by atoms with E-state index in [0.29, 0.717) is 26.3 Å². The van der Waals surface area contributed by atoms with E-state index in [2.05, 4.69) is 17.0 Å². The van der Waals surface area contributed by atoms with Crippen LogP contribution in [-0.2, 0) is 20.8 Å². The van der Waals surface area contributed by atoms with Crippen LogP contribution in [0.5, 0.6) is 5.75 Å². The third-order valence-electron chi connectivity index (χ3n) is 5.44. The van der Waals surface area contributed by atoms with E-state index in [-0.39, 0.29) is 24.0 Å². The van der Waals surface area contributed by atoms with Crippen molar-refractivity contribution in [3.8, 4) is 5.75 Å². The first-order valence-electron chi connectivity index (χ1n) is 9.10. The molecule has 3 heterocycles. The summed E-state index contributed by atoms with van der Waals surface area (Å²) in [5, 5.41) is 0. The van der Waals surface area contributed by atoms with Gasteiger partial charge in [0, 0.05) is 32.7 Å². The molecule has 6 nitrogen and oxygen atoms in total. The summed E-state index contributed by atoms with van der Waals surface area (Å²) < 4.78 is 16.7. The molecule has 136 valence electrons. The topological polar surface area (TPSA) is 51.2 Å². The van der Waals surface area contributed by atoms with Crippen LogP contribution in [0.4, 0.5) is 0 Å². The van der Waals surface area contributed by atoms with Crippen LogP contribution in [0.3, 0.4) is 0 Å². The van der Waals surface area contributed by atoms with Crippen molar-refractivity contribution in [2.24, 2.45) is 5.92 Å². The number of fused-ring (bicyclic) bond motifs is 2. The van der Waals surface area contributed by atoms with Crippen LogP contribution in [0.15, 0.2) is 24.3 Å². The van der Waals surface area contributed by atoms with Gasteiger partial charge in [-0.2, -0.15) is 0 Å². The Bertz CT molecular complexity index is 600. The fraction of sp³-hybridized carbons (Fsp3) is 0.632. The average molecular weight is 346 g/mol. The molecule has 3 aliphatic heterocycles. The number of benzene rings is 1. The van der Waals surface area contributed by atoms with Crippen LogP contribution in [-0.4, -0.2) is 74.4 Å². The smallest absolute Gasteiger partial charge is 0.228 e. The molecule has 25 heavy (non-hydrogen) atoms. The molecule has 0 N–H and O–H groups in total. The standard InChI is InChI=1S/C19H26N2O4/c1-23-15-4-2-14(3-5-15)11-20-12-16-10-17(18(13-20)25-16)19(22)21-6-8-24-9-7-21/h2-5,16-18H,6-13H2,1H3. The lowest BCUT2D eigenvalue weighted by Crippen LogP contribution is -2.48. The molecule has 3 atom stereocenters. The van der Waals surface area contributed by atoms with E-state index < -0.39 is 0 Å². The number of morpholine rings is 2. The van der Waals surface area contributed by atoms with Crippen LogP contribution in [0.2, 0.25) is 0 Å². The predicted molar refractivity (Wildman–Crippen MR) is 92.4 cm³/mol. The first kappa shape index (κ1) is 16.8. The molecule has 1 aromatic rings. The summed E-state index contributed by atoms with van der Waals surface area (Å²) in [5.41, 5.74) is 1.26. The molecule has 3 aliphatic rings. The molecule has 3 saturated heterocycles. The number of nitrogens with zero attached hydrogens (tertiary/aromatic N) is 2. The van der Waals surface area contributed by atoms with Crippen LogP contribution < -0.4 is 4.74 Å². The number of amides is 1. The largest absolute Gasteiger partial charge is 0.497 e. The van der Waals surface area contributed by atoms with E-state index in [0.717, 1.165) is 31.8 Å². The van der Waals surface area contributed by atoms with Crippen LogP contribution in [0.1, 0.15) is 12.0 Å². The number of ether oxygens (including phenoxy) is 3. The van der Waals surface area contributed by atoms with Gasteiger partial charge in [0.15, 0.2) is 0 Å². The number of hydrogen-bond acceptors (Lipinski definition) is 5. The minimum atomic E-state index is 0.00367. The maximum Gasteiger partial charge on any atom is 0.228 e. The summed E-state index contributed by atoms with van der Waals surface area (Å²) in [5.74, 6) is 1.13. The average Bonchev–Trinajstić information content (AvgIpc) is 2.96. The zero-order chi connectivity index (χ0) is 17.2. The fourth-order valence-corrected chi connectivity index (χ4v) is 4.13. The van der Waals surface area contributed by atoms with Crippen LogP contribution >= 0.6 is 0 Å². The molecule has 1 aromatic carbocycles. The van der Waals surface area contributed by atoms with Gasteiger partial charge < -0.3 is 19.1 Å². The normalized spacial score (nSPS) is 29.6. The van der Waals surface area contributed by atoms with Crippen molar-refractivity contribution in [3.05, 3.63) is 29.8 Å². The summed E-state index contributed by atoms with van der Waals surface area (Å²) in [6, 6.07) is 8.20. The Kier molecular flexibility index (Phi) is 4.92. The van der Waals surface area contributed by atoms with Gasteiger partial charge in [0.2, 0.25) is 5.91 Å². The molecule has 0 spiro atoms. The van der Waals surface area contributed by atoms with Gasteiger partial charge in [-0.15, -0.1) is 0 Å². The third kappa shape index (κ3) is 3.66. The number of rotatable bonds is 4. The minimum absolute atomic E-state index is 0.00367. The van der Waals surface area contributed by atoms with E-state index >= 15 is 0 Å². The fourth-order valence-electron chi connectivity index (χ4n) is 4.13. The summed E-state index contributed by atoms with van der Waals surface area (Å²) in [6.45, 7) is 5.33. The number of methoxy groups -OCH3 is 1. The summed E-state index contributed by atoms with van der Waals surface area (Å²) >= 11 is 0. The van der Waals surface area contributed by atoms with Crippen molar-refractivity contribution < 1.29 is 19.0 Å². The number of carbonyl (C=O) groups is 1. The van der Waals surface area contributed by atoms with Crippen molar-refractivity contribution >= 4 is 5.91 Å². The molecule has 0 aromatic heterocycles. The molecule has 3 unspecified atom stereocenters. The van der Waals surface area contributed by atoms with Gasteiger partial charge in [0.25, 0.3) is 0 Å².